The van der Waals surface area contributed by atoms with Gasteiger partial charge in [-0.15, -0.1) is 0 Å². The fourth-order valence-corrected chi connectivity index (χ4v) is 3.16. The maximum absolute atomic E-state index is 12.7. The van der Waals surface area contributed by atoms with Crippen LogP contribution < -0.4 is 15.7 Å². The molecule has 0 fully saturated rings. The van der Waals surface area contributed by atoms with Crippen LogP contribution in [0.1, 0.15) is 16.7 Å². The van der Waals surface area contributed by atoms with Crippen LogP contribution in [0.15, 0.2) is 51.7 Å². The van der Waals surface area contributed by atoms with Gasteiger partial charge in [0.1, 0.15) is 11.3 Å². The number of nitrogens with one attached hydrogen (secondary N) is 1. The summed E-state index contributed by atoms with van der Waals surface area (Å²) in [6, 6.07) is 12.7. The van der Waals surface area contributed by atoms with E-state index < -0.39 is 11.7 Å². The second-order valence-electron chi connectivity index (χ2n) is 6.87. The lowest BCUT2D eigenvalue weighted by Crippen LogP contribution is -2.25. The quantitative estimate of drug-likeness (QED) is 0.623. The molecule has 7 nitrogen and oxygen atoms in total. The van der Waals surface area contributed by atoms with Crippen molar-refractivity contribution in [2.75, 3.05) is 33.1 Å². The molecule has 29 heavy (non-hydrogen) atoms. The molecule has 1 aromatic heterocycles. The van der Waals surface area contributed by atoms with Crippen molar-refractivity contribution in [3.05, 3.63) is 69.6 Å². The number of aliphatic hydroxyl groups is 1. The smallest absolute Gasteiger partial charge is 0.414 e. The molecule has 3 rings (SSSR count). The summed E-state index contributed by atoms with van der Waals surface area (Å²) in [5.74, 6) is 0.281. The molecule has 0 aliphatic heterocycles. The number of benzene rings is 2. The Morgan fingerprint density at radius 1 is 1.17 bits per heavy atom. The summed E-state index contributed by atoms with van der Waals surface area (Å²) in [7, 11) is 5.00. The maximum Gasteiger partial charge on any atom is 0.414 e. The van der Waals surface area contributed by atoms with Crippen LogP contribution in [-0.2, 0) is 12.8 Å². The highest BCUT2D eigenvalue weighted by Gasteiger charge is 2.17. The van der Waals surface area contributed by atoms with Crippen molar-refractivity contribution in [2.24, 2.45) is 0 Å². The fraction of sp³-hybridized carbons (Fsp3) is 0.273. The first-order chi connectivity index (χ1) is 13.9. The van der Waals surface area contributed by atoms with E-state index in [4.69, 9.17) is 9.15 Å². The number of amides is 1. The van der Waals surface area contributed by atoms with Crippen molar-refractivity contribution in [3.8, 4) is 5.75 Å². The lowest BCUT2D eigenvalue weighted by Gasteiger charge is -2.13. The number of carbonyl (C=O) groups excluding carboxylic acids is 1. The van der Waals surface area contributed by atoms with Crippen molar-refractivity contribution < 1.29 is 19.1 Å². The van der Waals surface area contributed by atoms with Crippen LogP contribution in [-0.4, -0.2) is 43.8 Å². The molecule has 2 N–H and O–H groups in total. The van der Waals surface area contributed by atoms with E-state index in [0.29, 0.717) is 29.4 Å². The highest BCUT2D eigenvalue weighted by molar-refractivity contribution is 5.83. The second-order valence-corrected chi connectivity index (χ2v) is 6.87. The van der Waals surface area contributed by atoms with E-state index in [1.54, 1.807) is 26.2 Å². The molecule has 0 saturated carbocycles. The van der Waals surface area contributed by atoms with E-state index in [1.807, 2.05) is 31.3 Å². The Balaban J connectivity index is 2.06. The van der Waals surface area contributed by atoms with Crippen LogP contribution >= 0.6 is 0 Å². The normalized spacial score (nSPS) is 10.8. The number of anilines is 1. The molecular formula is C22H24N2O5. The van der Waals surface area contributed by atoms with E-state index in [2.05, 4.69) is 5.32 Å². The van der Waals surface area contributed by atoms with Gasteiger partial charge in [-0.3, -0.25) is 0 Å². The van der Waals surface area contributed by atoms with E-state index in [0.717, 1.165) is 16.8 Å². The Labute approximate surface area is 168 Å². The summed E-state index contributed by atoms with van der Waals surface area (Å²) in [5, 5.41) is 13.4. The van der Waals surface area contributed by atoms with Gasteiger partial charge in [-0.1, -0.05) is 12.1 Å². The summed E-state index contributed by atoms with van der Waals surface area (Å²) in [5.41, 5.74) is 3.00. The van der Waals surface area contributed by atoms with Gasteiger partial charge in [0.15, 0.2) is 0 Å². The topological polar surface area (TPSA) is 92.0 Å². The SMILES string of the molecule is CNc1cccc(Cc2c(CCO)c3ccc(OC(=O)N(C)C)cc3oc2=O)c1. The highest BCUT2D eigenvalue weighted by Crippen LogP contribution is 2.27. The molecule has 2 aromatic carbocycles. The van der Waals surface area contributed by atoms with Crippen LogP contribution in [0.2, 0.25) is 0 Å². The molecule has 0 radical (unpaired) electrons. The first-order valence-electron chi connectivity index (χ1n) is 9.28. The molecule has 0 spiro atoms. The average Bonchev–Trinajstić information content (AvgIpc) is 2.70. The molecule has 152 valence electrons. The molecular weight excluding hydrogens is 372 g/mol. The third kappa shape index (κ3) is 4.57. The highest BCUT2D eigenvalue weighted by atomic mass is 16.6. The molecule has 0 aliphatic rings. The monoisotopic (exact) mass is 396 g/mol. The van der Waals surface area contributed by atoms with Crippen LogP contribution in [0.4, 0.5) is 10.5 Å². The molecule has 0 atom stereocenters. The molecule has 1 amide bonds. The number of rotatable bonds is 6. The second kappa shape index (κ2) is 8.79. The minimum atomic E-state index is -0.525. The molecule has 7 heteroatoms. The molecule has 1 heterocycles. The lowest BCUT2D eigenvalue weighted by atomic mass is 9.96. The van der Waals surface area contributed by atoms with Gasteiger partial charge in [0.2, 0.25) is 0 Å². The van der Waals surface area contributed by atoms with Gasteiger partial charge >= 0.3 is 11.7 Å². The predicted octanol–water partition coefficient (Wildman–Crippen LogP) is 3.02. The van der Waals surface area contributed by atoms with Gasteiger partial charge in [0.05, 0.1) is 0 Å². The fourth-order valence-electron chi connectivity index (χ4n) is 3.16. The average molecular weight is 396 g/mol. The predicted molar refractivity (Wildman–Crippen MR) is 112 cm³/mol. The maximum atomic E-state index is 12.7. The number of aliphatic hydroxyl groups excluding tert-OH is 1. The Kier molecular flexibility index (Phi) is 6.19. The van der Waals surface area contributed by atoms with Crippen molar-refractivity contribution in [1.29, 1.82) is 0 Å². The van der Waals surface area contributed by atoms with Crippen molar-refractivity contribution >= 4 is 22.7 Å². The van der Waals surface area contributed by atoms with E-state index in [1.165, 1.54) is 11.0 Å². The van der Waals surface area contributed by atoms with E-state index in [9.17, 15) is 14.7 Å². The first-order valence-corrected chi connectivity index (χ1v) is 9.28. The number of hydrogen-bond acceptors (Lipinski definition) is 6. The molecule has 0 saturated heterocycles. The Bertz CT molecular complexity index is 1090. The van der Waals surface area contributed by atoms with Gasteiger partial charge < -0.3 is 24.5 Å². The Hall–Kier alpha value is -3.32. The summed E-state index contributed by atoms with van der Waals surface area (Å²) in [6.07, 6.45) is 0.184. The van der Waals surface area contributed by atoms with Crippen LogP contribution in [0.25, 0.3) is 11.0 Å². The van der Waals surface area contributed by atoms with Crippen LogP contribution in [0.3, 0.4) is 0 Å². The van der Waals surface area contributed by atoms with Gasteiger partial charge in [0, 0.05) is 56.9 Å². The molecule has 0 unspecified atom stereocenters. The minimum Gasteiger partial charge on any atom is -0.422 e. The largest absolute Gasteiger partial charge is 0.422 e. The van der Waals surface area contributed by atoms with Crippen LogP contribution in [0, 0.1) is 0 Å². The van der Waals surface area contributed by atoms with Crippen molar-refractivity contribution in [3.63, 3.8) is 0 Å². The Morgan fingerprint density at radius 2 is 1.97 bits per heavy atom. The third-order valence-corrected chi connectivity index (χ3v) is 4.62. The molecule has 0 bridgehead atoms. The Morgan fingerprint density at radius 3 is 2.66 bits per heavy atom. The number of carbonyl (C=O) groups is 1. The lowest BCUT2D eigenvalue weighted by molar-refractivity contribution is 0.172. The van der Waals surface area contributed by atoms with E-state index in [-0.39, 0.29) is 12.4 Å². The van der Waals surface area contributed by atoms with Crippen molar-refractivity contribution in [2.45, 2.75) is 12.8 Å². The minimum absolute atomic E-state index is 0.0977. The summed E-state index contributed by atoms with van der Waals surface area (Å²) < 4.78 is 10.8. The standard InChI is InChI=1S/C22H24N2O5/c1-23-15-6-4-5-14(11-15)12-19-17(9-10-25)18-8-7-16(28-22(27)24(2)3)13-20(18)29-21(19)26/h4-8,11,13,23,25H,9-10,12H2,1-3H3. The van der Waals surface area contributed by atoms with E-state index >= 15 is 0 Å². The van der Waals surface area contributed by atoms with Gasteiger partial charge in [-0.2, -0.15) is 0 Å². The molecule has 3 aromatic rings. The number of nitrogens with zero attached hydrogens (tertiary/aromatic N) is 1. The zero-order chi connectivity index (χ0) is 21.0. The summed E-state index contributed by atoms with van der Waals surface area (Å²) >= 11 is 0. The zero-order valence-corrected chi connectivity index (χ0v) is 16.7. The number of fused-ring (bicyclic) bond motifs is 1. The van der Waals surface area contributed by atoms with Gasteiger partial charge in [-0.25, -0.2) is 9.59 Å². The first kappa shape index (κ1) is 20.4. The van der Waals surface area contributed by atoms with Gasteiger partial charge in [0.25, 0.3) is 0 Å². The van der Waals surface area contributed by atoms with Crippen LogP contribution in [0.5, 0.6) is 5.75 Å². The third-order valence-electron chi connectivity index (χ3n) is 4.62. The number of ether oxygens (including phenoxy) is 1. The summed E-state index contributed by atoms with van der Waals surface area (Å²) in [4.78, 5) is 25.8. The summed E-state index contributed by atoms with van der Waals surface area (Å²) in [6.45, 7) is -0.0977. The van der Waals surface area contributed by atoms with Gasteiger partial charge in [-0.05, 0) is 41.8 Å². The number of hydrogen-bond donors (Lipinski definition) is 2. The molecule has 0 aliphatic carbocycles. The zero-order valence-electron chi connectivity index (χ0n) is 16.7. The van der Waals surface area contributed by atoms with Crippen molar-refractivity contribution in [1.82, 2.24) is 4.90 Å².